The van der Waals surface area contributed by atoms with Gasteiger partial charge in [0, 0.05) is 16.8 Å². The molecule has 0 spiro atoms. The molecule has 5 nitrogen and oxygen atoms in total. The van der Waals surface area contributed by atoms with Crippen molar-refractivity contribution in [2.45, 2.75) is 6.61 Å². The number of carbonyl (C=O) groups is 1. The lowest BCUT2D eigenvalue weighted by Crippen LogP contribution is -2.13. The van der Waals surface area contributed by atoms with E-state index in [1.807, 2.05) is 0 Å². The van der Waals surface area contributed by atoms with E-state index in [1.165, 1.54) is 14.2 Å². The van der Waals surface area contributed by atoms with Crippen LogP contribution in [0.15, 0.2) is 42.5 Å². The first-order chi connectivity index (χ1) is 10.2. The molecule has 2 N–H and O–H groups in total. The number of benzene rings is 2. The van der Waals surface area contributed by atoms with Gasteiger partial charge in [-0.2, -0.15) is 0 Å². The van der Waals surface area contributed by atoms with Crippen LogP contribution in [0.2, 0.25) is 0 Å². The first-order valence-corrected chi connectivity index (χ1v) is 6.41. The maximum absolute atomic E-state index is 12.3. The molecule has 0 unspecified atom stereocenters. The summed E-state index contributed by atoms with van der Waals surface area (Å²) in [5, 5.41) is 12.0. The predicted octanol–water partition coefficient (Wildman–Crippen LogP) is 2.45. The minimum absolute atomic E-state index is 0.137. The summed E-state index contributed by atoms with van der Waals surface area (Å²) in [6.45, 7) is -0.137. The fourth-order valence-electron chi connectivity index (χ4n) is 1.95. The molecule has 0 heterocycles. The molecule has 21 heavy (non-hydrogen) atoms. The number of rotatable bonds is 5. The number of amides is 1. The van der Waals surface area contributed by atoms with Gasteiger partial charge in [-0.1, -0.05) is 18.2 Å². The number of anilines is 1. The van der Waals surface area contributed by atoms with Crippen molar-refractivity contribution in [3.63, 3.8) is 0 Å². The van der Waals surface area contributed by atoms with Gasteiger partial charge in [-0.15, -0.1) is 0 Å². The van der Waals surface area contributed by atoms with Gasteiger partial charge in [-0.05, 0) is 24.3 Å². The summed E-state index contributed by atoms with van der Waals surface area (Å²) < 4.78 is 10.3. The summed E-state index contributed by atoms with van der Waals surface area (Å²) in [7, 11) is 3.05. The van der Waals surface area contributed by atoms with Crippen molar-refractivity contribution in [1.82, 2.24) is 0 Å². The predicted molar refractivity (Wildman–Crippen MR) is 79.9 cm³/mol. The summed E-state index contributed by atoms with van der Waals surface area (Å²) in [6, 6.07) is 12.0. The van der Waals surface area contributed by atoms with Crippen molar-refractivity contribution in [3.8, 4) is 11.5 Å². The molecule has 0 fully saturated rings. The van der Waals surface area contributed by atoms with Crippen molar-refractivity contribution < 1.29 is 19.4 Å². The molecule has 2 aromatic carbocycles. The number of hydrogen-bond donors (Lipinski definition) is 2. The molecule has 0 atom stereocenters. The van der Waals surface area contributed by atoms with Gasteiger partial charge in [0.15, 0.2) is 11.5 Å². The number of para-hydroxylation sites is 1. The number of hydrogen-bond acceptors (Lipinski definition) is 4. The molecular weight excluding hydrogens is 270 g/mol. The summed E-state index contributed by atoms with van der Waals surface area (Å²) in [4.78, 5) is 12.3. The van der Waals surface area contributed by atoms with E-state index in [-0.39, 0.29) is 12.5 Å². The Morgan fingerprint density at radius 3 is 2.48 bits per heavy atom. The van der Waals surface area contributed by atoms with Crippen LogP contribution in [-0.2, 0) is 6.61 Å². The van der Waals surface area contributed by atoms with Gasteiger partial charge in [-0.3, -0.25) is 4.79 Å². The molecule has 0 aliphatic rings. The zero-order chi connectivity index (χ0) is 15.2. The summed E-state index contributed by atoms with van der Waals surface area (Å²) >= 11 is 0. The highest BCUT2D eigenvalue weighted by Gasteiger charge is 2.12. The van der Waals surface area contributed by atoms with Crippen molar-refractivity contribution in [2.24, 2.45) is 0 Å². The Bertz CT molecular complexity index is 640. The molecule has 0 aromatic heterocycles. The fourth-order valence-corrected chi connectivity index (χ4v) is 1.95. The fraction of sp³-hybridized carbons (Fsp3) is 0.188. The van der Waals surface area contributed by atoms with Crippen LogP contribution in [0, 0.1) is 0 Å². The number of aliphatic hydroxyl groups excluding tert-OH is 1. The molecule has 5 heteroatoms. The molecule has 110 valence electrons. The molecule has 0 aliphatic carbocycles. The monoisotopic (exact) mass is 287 g/mol. The summed E-state index contributed by atoms with van der Waals surface area (Å²) in [5.41, 5.74) is 1.69. The maximum atomic E-state index is 12.3. The van der Waals surface area contributed by atoms with Crippen LogP contribution in [0.25, 0.3) is 0 Å². The number of methoxy groups -OCH3 is 2. The molecule has 2 rings (SSSR count). The van der Waals surface area contributed by atoms with E-state index in [0.717, 1.165) is 0 Å². The van der Waals surface area contributed by atoms with Crippen LogP contribution in [0.5, 0.6) is 11.5 Å². The van der Waals surface area contributed by atoms with Crippen LogP contribution in [-0.4, -0.2) is 25.2 Å². The zero-order valence-electron chi connectivity index (χ0n) is 11.9. The second kappa shape index (κ2) is 6.76. The largest absolute Gasteiger partial charge is 0.493 e. The van der Waals surface area contributed by atoms with E-state index in [0.29, 0.717) is 28.3 Å². The molecule has 0 aliphatic heterocycles. The number of ether oxygens (including phenoxy) is 2. The van der Waals surface area contributed by atoms with E-state index in [1.54, 1.807) is 42.5 Å². The molecule has 0 saturated carbocycles. The molecule has 0 saturated heterocycles. The highest BCUT2D eigenvalue weighted by atomic mass is 16.5. The average molecular weight is 287 g/mol. The van der Waals surface area contributed by atoms with Crippen molar-refractivity contribution in [2.75, 3.05) is 19.5 Å². The standard InChI is InChI=1S/C16H17NO4/c1-20-14-8-7-11(9-15(14)21-2)16(19)17-13-6-4-3-5-12(13)10-18/h3-9,18H,10H2,1-2H3,(H,17,19). The van der Waals surface area contributed by atoms with Gasteiger partial charge in [0.2, 0.25) is 0 Å². The minimum atomic E-state index is -0.281. The van der Waals surface area contributed by atoms with Crippen LogP contribution in [0.3, 0.4) is 0 Å². The Kier molecular flexibility index (Phi) is 4.79. The van der Waals surface area contributed by atoms with Crippen LogP contribution >= 0.6 is 0 Å². The van der Waals surface area contributed by atoms with E-state index in [2.05, 4.69) is 5.32 Å². The topological polar surface area (TPSA) is 67.8 Å². The lowest BCUT2D eigenvalue weighted by molar-refractivity contribution is 0.102. The SMILES string of the molecule is COc1ccc(C(=O)Nc2ccccc2CO)cc1OC. The minimum Gasteiger partial charge on any atom is -0.493 e. The third-order valence-electron chi connectivity index (χ3n) is 3.08. The normalized spacial score (nSPS) is 10.0. The van der Waals surface area contributed by atoms with Crippen molar-refractivity contribution in [1.29, 1.82) is 0 Å². The lowest BCUT2D eigenvalue weighted by atomic mass is 10.1. The number of nitrogens with one attached hydrogen (secondary N) is 1. The zero-order valence-corrected chi connectivity index (χ0v) is 11.9. The lowest BCUT2D eigenvalue weighted by Gasteiger charge is -2.11. The van der Waals surface area contributed by atoms with Gasteiger partial charge in [-0.25, -0.2) is 0 Å². The van der Waals surface area contributed by atoms with Gasteiger partial charge in [0.1, 0.15) is 0 Å². The van der Waals surface area contributed by atoms with Gasteiger partial charge in [0.25, 0.3) is 5.91 Å². The van der Waals surface area contributed by atoms with Crippen LogP contribution < -0.4 is 14.8 Å². The second-order valence-corrected chi connectivity index (χ2v) is 4.34. The quantitative estimate of drug-likeness (QED) is 0.886. The van der Waals surface area contributed by atoms with Gasteiger partial charge >= 0.3 is 0 Å². The molecule has 2 aromatic rings. The third kappa shape index (κ3) is 3.32. The Hall–Kier alpha value is -2.53. The summed E-state index contributed by atoms with van der Waals surface area (Å²) in [5.74, 6) is 0.766. The van der Waals surface area contributed by atoms with Crippen LogP contribution in [0.4, 0.5) is 5.69 Å². The van der Waals surface area contributed by atoms with E-state index in [9.17, 15) is 9.90 Å². The second-order valence-electron chi connectivity index (χ2n) is 4.34. The third-order valence-corrected chi connectivity index (χ3v) is 3.08. The van der Waals surface area contributed by atoms with Gasteiger partial charge in [0.05, 0.1) is 20.8 Å². The Morgan fingerprint density at radius 2 is 1.81 bits per heavy atom. The Balaban J connectivity index is 2.24. The highest BCUT2D eigenvalue weighted by molar-refractivity contribution is 6.05. The van der Waals surface area contributed by atoms with E-state index >= 15 is 0 Å². The van der Waals surface area contributed by atoms with Crippen molar-refractivity contribution in [3.05, 3.63) is 53.6 Å². The van der Waals surface area contributed by atoms with Crippen LogP contribution in [0.1, 0.15) is 15.9 Å². The Labute approximate surface area is 123 Å². The van der Waals surface area contributed by atoms with Crippen molar-refractivity contribution >= 4 is 11.6 Å². The number of aliphatic hydroxyl groups is 1. The Morgan fingerprint density at radius 1 is 1.10 bits per heavy atom. The molecule has 0 bridgehead atoms. The molecular formula is C16H17NO4. The molecule has 0 radical (unpaired) electrons. The van der Waals surface area contributed by atoms with Gasteiger partial charge < -0.3 is 19.9 Å². The first kappa shape index (κ1) is 14.9. The first-order valence-electron chi connectivity index (χ1n) is 6.41. The maximum Gasteiger partial charge on any atom is 0.255 e. The number of carbonyl (C=O) groups excluding carboxylic acids is 1. The average Bonchev–Trinajstić information content (AvgIpc) is 2.54. The summed E-state index contributed by atoms with van der Waals surface area (Å²) in [6.07, 6.45) is 0. The smallest absolute Gasteiger partial charge is 0.255 e. The van der Waals surface area contributed by atoms with E-state index < -0.39 is 0 Å². The highest BCUT2D eigenvalue weighted by Crippen LogP contribution is 2.28. The van der Waals surface area contributed by atoms with E-state index in [4.69, 9.17) is 9.47 Å². The molecule has 1 amide bonds.